The zero-order chi connectivity index (χ0) is 21.6. The molecule has 0 aliphatic heterocycles. The number of nitrogens with one attached hydrogen (secondary N) is 2. The second kappa shape index (κ2) is 10.4. The van der Waals surface area contributed by atoms with Crippen molar-refractivity contribution < 1.29 is 4.79 Å². The van der Waals surface area contributed by atoms with Crippen molar-refractivity contribution in [2.45, 2.75) is 81.3 Å². The number of benzene rings is 2. The average Bonchev–Trinajstić information content (AvgIpc) is 2.73. The molecule has 0 unspecified atom stereocenters. The first-order chi connectivity index (χ1) is 14.4. The summed E-state index contributed by atoms with van der Waals surface area (Å²) in [5, 5.41) is 6.43. The fraction of sp³-hybridized carbons (Fsp3) is 0.500. The molecule has 2 amide bonds. The molecule has 0 aromatic heterocycles. The van der Waals surface area contributed by atoms with E-state index >= 15 is 0 Å². The Morgan fingerprint density at radius 3 is 2.07 bits per heavy atom. The molecule has 4 heteroatoms. The molecule has 1 aliphatic carbocycles. The van der Waals surface area contributed by atoms with Gasteiger partial charge < -0.3 is 10.6 Å². The molecule has 0 bridgehead atoms. The van der Waals surface area contributed by atoms with Gasteiger partial charge in [0.25, 0.3) is 0 Å². The van der Waals surface area contributed by atoms with Crippen LogP contribution in [0.4, 0.5) is 10.5 Å². The summed E-state index contributed by atoms with van der Waals surface area (Å²) in [5.74, 6) is 0.717. The van der Waals surface area contributed by atoms with Crippen LogP contribution in [0.2, 0.25) is 0 Å². The third-order valence-corrected chi connectivity index (χ3v) is 7.52. The number of hydrogen-bond acceptors (Lipinski definition) is 2. The summed E-state index contributed by atoms with van der Waals surface area (Å²) in [6.07, 6.45) is 6.05. The van der Waals surface area contributed by atoms with E-state index in [-0.39, 0.29) is 10.8 Å². The van der Waals surface area contributed by atoms with E-state index in [0.29, 0.717) is 18.4 Å². The Bertz CT molecular complexity index is 800. The van der Waals surface area contributed by atoms with Crippen LogP contribution in [-0.2, 0) is 0 Å². The highest BCUT2D eigenvalue weighted by Crippen LogP contribution is 2.43. The normalized spacial score (nSPS) is 15.9. The van der Waals surface area contributed by atoms with Gasteiger partial charge in [-0.1, -0.05) is 83.4 Å². The molecule has 2 aromatic rings. The Hall–Kier alpha value is -1.94. The monoisotopic (exact) mass is 424 g/mol. The molecule has 0 radical (unpaired) electrons. The Balaban J connectivity index is 1.72. The predicted molar refractivity (Wildman–Crippen MR) is 130 cm³/mol. The van der Waals surface area contributed by atoms with Gasteiger partial charge in [0.15, 0.2) is 0 Å². The molecule has 3 rings (SSSR count). The first-order valence-corrected chi connectivity index (χ1v) is 12.1. The highest BCUT2D eigenvalue weighted by molar-refractivity contribution is 8.00. The molecule has 3 nitrogen and oxygen atoms in total. The first-order valence-electron chi connectivity index (χ1n) is 11.3. The van der Waals surface area contributed by atoms with Crippen molar-refractivity contribution >= 4 is 23.5 Å². The lowest BCUT2D eigenvalue weighted by molar-refractivity contribution is 0.249. The zero-order valence-electron chi connectivity index (χ0n) is 18.8. The van der Waals surface area contributed by atoms with E-state index in [0.717, 1.165) is 18.5 Å². The van der Waals surface area contributed by atoms with Crippen LogP contribution in [0.25, 0.3) is 0 Å². The molecule has 0 spiro atoms. The van der Waals surface area contributed by atoms with Gasteiger partial charge in [0, 0.05) is 21.9 Å². The van der Waals surface area contributed by atoms with Gasteiger partial charge in [0.1, 0.15) is 0 Å². The number of amides is 2. The van der Waals surface area contributed by atoms with Crippen molar-refractivity contribution in [1.82, 2.24) is 5.32 Å². The fourth-order valence-corrected chi connectivity index (χ4v) is 5.77. The van der Waals surface area contributed by atoms with E-state index in [1.165, 1.54) is 35.3 Å². The molecule has 0 atom stereocenters. The number of urea groups is 1. The maximum absolute atomic E-state index is 13.0. The Morgan fingerprint density at radius 2 is 1.50 bits per heavy atom. The summed E-state index contributed by atoms with van der Waals surface area (Å²) in [6, 6.07) is 16.8. The minimum atomic E-state index is -0.0939. The number of thioether (sulfide) groups is 1. The summed E-state index contributed by atoms with van der Waals surface area (Å²) in [5.41, 5.74) is 3.37. The lowest BCUT2D eigenvalue weighted by Crippen LogP contribution is -2.43. The van der Waals surface area contributed by atoms with Gasteiger partial charge in [-0.25, -0.2) is 4.79 Å². The number of anilines is 1. The molecular formula is C26H36N2OS. The summed E-state index contributed by atoms with van der Waals surface area (Å²) < 4.78 is 0.0788. The van der Waals surface area contributed by atoms with E-state index in [9.17, 15) is 4.79 Å². The van der Waals surface area contributed by atoms with Gasteiger partial charge in [-0.15, -0.1) is 11.8 Å². The third-order valence-electron chi connectivity index (χ3n) is 6.02. The van der Waals surface area contributed by atoms with Gasteiger partial charge in [-0.3, -0.25) is 0 Å². The second-order valence-corrected chi connectivity index (χ2v) is 10.6. The van der Waals surface area contributed by atoms with E-state index in [4.69, 9.17) is 0 Å². The van der Waals surface area contributed by atoms with Crippen LogP contribution in [0.5, 0.6) is 0 Å². The largest absolute Gasteiger partial charge is 0.336 e. The highest BCUT2D eigenvalue weighted by Gasteiger charge is 2.33. The van der Waals surface area contributed by atoms with Crippen LogP contribution in [0.1, 0.15) is 82.8 Å². The summed E-state index contributed by atoms with van der Waals surface area (Å²) in [4.78, 5) is 14.3. The molecule has 0 saturated heterocycles. The van der Waals surface area contributed by atoms with Crippen LogP contribution >= 0.6 is 11.8 Å². The quantitative estimate of drug-likeness (QED) is 0.482. The van der Waals surface area contributed by atoms with E-state index in [2.05, 4.69) is 86.9 Å². The molecule has 0 heterocycles. The van der Waals surface area contributed by atoms with Gasteiger partial charge >= 0.3 is 6.03 Å². The maximum Gasteiger partial charge on any atom is 0.319 e. The lowest BCUT2D eigenvalue weighted by Gasteiger charge is -2.37. The molecule has 2 aromatic carbocycles. The standard InChI is InChI=1S/C26H36N2OS/c1-19(2)22-14-11-15-23(20(3)4)24(22)28-25(29)27-18-26(16-9-6-10-17-26)30-21-12-7-5-8-13-21/h5,7-8,11-15,19-20H,6,9-10,16-18H2,1-4H3,(H2,27,28,29). The maximum atomic E-state index is 13.0. The van der Waals surface area contributed by atoms with Gasteiger partial charge in [0.2, 0.25) is 0 Å². The van der Waals surface area contributed by atoms with Crippen LogP contribution in [0.15, 0.2) is 53.4 Å². The number of para-hydroxylation sites is 1. The number of carbonyl (C=O) groups is 1. The topological polar surface area (TPSA) is 41.1 Å². The van der Waals surface area contributed by atoms with Crippen molar-refractivity contribution in [3.63, 3.8) is 0 Å². The van der Waals surface area contributed by atoms with Crippen molar-refractivity contribution in [2.24, 2.45) is 0 Å². The van der Waals surface area contributed by atoms with Crippen LogP contribution in [0.3, 0.4) is 0 Å². The van der Waals surface area contributed by atoms with Crippen LogP contribution in [-0.4, -0.2) is 17.3 Å². The van der Waals surface area contributed by atoms with Gasteiger partial charge in [-0.05, 0) is 47.9 Å². The van der Waals surface area contributed by atoms with Crippen molar-refractivity contribution in [1.29, 1.82) is 0 Å². The molecule has 1 aliphatic rings. The minimum Gasteiger partial charge on any atom is -0.336 e. The molecule has 30 heavy (non-hydrogen) atoms. The SMILES string of the molecule is CC(C)c1cccc(C(C)C)c1NC(=O)NCC1(Sc2ccccc2)CCCCC1. The molecule has 2 N–H and O–H groups in total. The molecule has 1 saturated carbocycles. The zero-order valence-corrected chi connectivity index (χ0v) is 19.6. The highest BCUT2D eigenvalue weighted by atomic mass is 32.2. The number of carbonyl (C=O) groups excluding carboxylic acids is 1. The van der Waals surface area contributed by atoms with E-state index in [1.807, 2.05) is 11.8 Å². The summed E-state index contributed by atoms with van der Waals surface area (Å²) in [7, 11) is 0. The Kier molecular flexibility index (Phi) is 7.87. The second-order valence-electron chi connectivity index (χ2n) is 9.09. The fourth-order valence-electron chi connectivity index (χ4n) is 4.34. The summed E-state index contributed by atoms with van der Waals surface area (Å²) >= 11 is 1.93. The third kappa shape index (κ3) is 5.81. The smallest absolute Gasteiger partial charge is 0.319 e. The number of rotatable bonds is 7. The lowest BCUT2D eigenvalue weighted by atomic mass is 9.88. The van der Waals surface area contributed by atoms with Crippen LogP contribution < -0.4 is 10.6 Å². The van der Waals surface area contributed by atoms with E-state index in [1.54, 1.807) is 0 Å². The number of hydrogen-bond donors (Lipinski definition) is 2. The van der Waals surface area contributed by atoms with Gasteiger partial charge in [0.05, 0.1) is 0 Å². The molecule has 162 valence electrons. The van der Waals surface area contributed by atoms with Crippen LogP contribution in [0, 0.1) is 0 Å². The van der Waals surface area contributed by atoms with Crippen molar-refractivity contribution in [3.8, 4) is 0 Å². The summed E-state index contributed by atoms with van der Waals surface area (Å²) in [6.45, 7) is 9.40. The predicted octanol–water partition coefficient (Wildman–Crippen LogP) is 7.55. The van der Waals surface area contributed by atoms with Crippen molar-refractivity contribution in [2.75, 3.05) is 11.9 Å². The Labute approximate surface area is 186 Å². The van der Waals surface area contributed by atoms with E-state index < -0.39 is 0 Å². The Morgan fingerprint density at radius 1 is 0.900 bits per heavy atom. The minimum absolute atomic E-state index is 0.0788. The first kappa shape index (κ1) is 22.7. The average molecular weight is 425 g/mol. The molecule has 1 fully saturated rings. The van der Waals surface area contributed by atoms with Gasteiger partial charge in [-0.2, -0.15) is 0 Å². The molecular weight excluding hydrogens is 388 g/mol. The van der Waals surface area contributed by atoms with Crippen molar-refractivity contribution in [3.05, 3.63) is 59.7 Å².